The summed E-state index contributed by atoms with van der Waals surface area (Å²) in [5.74, 6) is -0.0273. The Balaban J connectivity index is 1.78. The first-order valence-electron chi connectivity index (χ1n) is 10.8. The van der Waals surface area contributed by atoms with E-state index >= 15 is 0 Å². The van der Waals surface area contributed by atoms with Gasteiger partial charge < -0.3 is 10.4 Å². The number of rotatable bonds is 6. The van der Waals surface area contributed by atoms with Crippen molar-refractivity contribution in [2.24, 2.45) is 0 Å². The van der Waals surface area contributed by atoms with Crippen molar-refractivity contribution in [1.82, 2.24) is 9.80 Å². The number of carbonyl (C=O) groups excluding carboxylic acids is 1. The van der Waals surface area contributed by atoms with Crippen LogP contribution in [0.2, 0.25) is 5.02 Å². The molecule has 7 heteroatoms. The molecule has 2 heterocycles. The second-order valence-corrected chi connectivity index (χ2v) is 9.67. The van der Waals surface area contributed by atoms with Crippen LogP contribution in [0.1, 0.15) is 47.4 Å². The molecule has 0 unspecified atom stereocenters. The first-order chi connectivity index (χ1) is 14.6. The van der Waals surface area contributed by atoms with Crippen LogP contribution in [0.15, 0.2) is 24.3 Å². The van der Waals surface area contributed by atoms with Gasteiger partial charge in [-0.1, -0.05) is 29.8 Å². The van der Waals surface area contributed by atoms with E-state index in [2.05, 4.69) is 21.2 Å². The van der Waals surface area contributed by atoms with Crippen molar-refractivity contribution in [3.63, 3.8) is 0 Å². The predicted molar refractivity (Wildman–Crippen MR) is 124 cm³/mol. The first kappa shape index (κ1) is 21.8. The molecular weight excluding hydrogens is 418 g/mol. The fraction of sp³-hybridized carbons (Fsp3) is 0.522. The van der Waals surface area contributed by atoms with E-state index in [4.69, 9.17) is 11.6 Å². The van der Waals surface area contributed by atoms with Gasteiger partial charge >= 0.3 is 0 Å². The zero-order valence-electron chi connectivity index (χ0n) is 17.5. The molecular formula is C23H30ClN3O2S. The molecule has 1 aromatic heterocycles. The predicted octanol–water partition coefficient (Wildman–Crippen LogP) is 3.94. The lowest BCUT2D eigenvalue weighted by atomic mass is 9.88. The molecule has 4 rings (SSSR count). The zero-order valence-corrected chi connectivity index (χ0v) is 19.1. The Morgan fingerprint density at radius 1 is 1.20 bits per heavy atom. The Kier molecular flexibility index (Phi) is 7.11. The van der Waals surface area contributed by atoms with Gasteiger partial charge in [0.15, 0.2) is 0 Å². The van der Waals surface area contributed by atoms with Crippen LogP contribution in [0.25, 0.3) is 0 Å². The van der Waals surface area contributed by atoms with Gasteiger partial charge in [0.25, 0.3) is 0 Å². The smallest absolute Gasteiger partial charge is 0.221 e. The third kappa shape index (κ3) is 4.58. The number of hydrogen-bond acceptors (Lipinski definition) is 5. The molecule has 2 N–H and O–H groups in total. The van der Waals surface area contributed by atoms with Gasteiger partial charge in [0.1, 0.15) is 5.00 Å². The number of thiophene rings is 1. The minimum Gasteiger partial charge on any atom is -0.395 e. The number of β-amino-alcohol motifs (C(OH)–C–C–N with tert-alkyl or cyclic N) is 1. The number of aryl methyl sites for hydroxylation is 1. The summed E-state index contributed by atoms with van der Waals surface area (Å²) >= 11 is 8.47. The normalized spacial score (nSPS) is 18.8. The number of aliphatic hydroxyl groups is 1. The Bertz CT molecular complexity index is 893. The SMILES string of the molecule is CC(=O)Nc1sc2c(c1[C@H](c1ccccc1Cl)N1CCN(CCO)CC1)CCCC2. The van der Waals surface area contributed by atoms with E-state index in [9.17, 15) is 9.90 Å². The van der Waals surface area contributed by atoms with E-state index in [1.54, 1.807) is 18.3 Å². The molecule has 2 aliphatic rings. The van der Waals surface area contributed by atoms with Crippen molar-refractivity contribution in [3.8, 4) is 0 Å². The van der Waals surface area contributed by atoms with Crippen molar-refractivity contribution in [1.29, 1.82) is 0 Å². The molecule has 30 heavy (non-hydrogen) atoms. The number of nitrogens with one attached hydrogen (secondary N) is 1. The third-order valence-corrected chi connectivity index (χ3v) is 7.73. The quantitative estimate of drug-likeness (QED) is 0.704. The summed E-state index contributed by atoms with van der Waals surface area (Å²) in [4.78, 5) is 18.2. The number of piperazine rings is 1. The van der Waals surface area contributed by atoms with Gasteiger partial charge in [-0.05, 0) is 42.9 Å². The summed E-state index contributed by atoms with van der Waals surface area (Å²) in [5.41, 5.74) is 3.76. The first-order valence-corrected chi connectivity index (χ1v) is 12.0. The van der Waals surface area contributed by atoms with Crippen molar-refractivity contribution in [3.05, 3.63) is 50.9 Å². The van der Waals surface area contributed by atoms with E-state index < -0.39 is 0 Å². The fourth-order valence-corrected chi connectivity index (χ4v) is 6.36. The highest BCUT2D eigenvalue weighted by Crippen LogP contribution is 2.46. The van der Waals surface area contributed by atoms with Gasteiger partial charge in [-0.3, -0.25) is 14.6 Å². The maximum Gasteiger partial charge on any atom is 0.221 e. The Morgan fingerprint density at radius 3 is 2.63 bits per heavy atom. The molecule has 0 radical (unpaired) electrons. The van der Waals surface area contributed by atoms with E-state index in [0.717, 1.165) is 61.2 Å². The van der Waals surface area contributed by atoms with Gasteiger partial charge in [0.05, 0.1) is 12.6 Å². The number of aliphatic hydroxyl groups excluding tert-OH is 1. The van der Waals surface area contributed by atoms with Gasteiger partial charge in [-0.15, -0.1) is 11.3 Å². The summed E-state index contributed by atoms with van der Waals surface area (Å²) in [5, 5.41) is 14.2. The molecule has 0 saturated carbocycles. The standard InChI is InChI=1S/C23H30ClN3O2S/c1-16(29)25-23-21(18-7-3-5-9-20(18)30-23)22(17-6-2-4-8-19(17)24)27-12-10-26(11-13-27)14-15-28/h2,4,6,8,22,28H,3,5,7,9-15H2,1H3,(H,25,29)/t22-/m0/s1. The molecule has 1 aliphatic heterocycles. The molecule has 5 nitrogen and oxygen atoms in total. The molecule has 162 valence electrons. The van der Waals surface area contributed by atoms with Crippen LogP contribution in [0.3, 0.4) is 0 Å². The van der Waals surface area contributed by atoms with Crippen molar-refractivity contribution in [2.75, 3.05) is 44.6 Å². The largest absolute Gasteiger partial charge is 0.395 e. The molecule has 1 fully saturated rings. The number of hydrogen-bond donors (Lipinski definition) is 2. The molecule has 1 aromatic carbocycles. The molecule has 0 spiro atoms. The molecule has 0 bridgehead atoms. The summed E-state index contributed by atoms with van der Waals surface area (Å²) in [6.07, 6.45) is 4.55. The monoisotopic (exact) mass is 447 g/mol. The number of amides is 1. The fourth-order valence-electron chi connectivity index (χ4n) is 4.75. The highest BCUT2D eigenvalue weighted by molar-refractivity contribution is 7.16. The van der Waals surface area contributed by atoms with E-state index in [1.807, 2.05) is 18.2 Å². The van der Waals surface area contributed by atoms with Crippen molar-refractivity contribution in [2.45, 2.75) is 38.6 Å². The Hall–Kier alpha value is -1.44. The van der Waals surface area contributed by atoms with Crippen LogP contribution in [0.4, 0.5) is 5.00 Å². The average Bonchev–Trinajstić information content (AvgIpc) is 3.08. The second-order valence-electron chi connectivity index (χ2n) is 8.16. The third-order valence-electron chi connectivity index (χ3n) is 6.16. The van der Waals surface area contributed by atoms with Gasteiger partial charge in [-0.2, -0.15) is 0 Å². The highest BCUT2D eigenvalue weighted by atomic mass is 35.5. The molecule has 1 saturated heterocycles. The number of anilines is 1. The summed E-state index contributed by atoms with van der Waals surface area (Å²) in [7, 11) is 0. The minimum atomic E-state index is -0.0273. The maximum absolute atomic E-state index is 12.0. The Morgan fingerprint density at radius 2 is 1.93 bits per heavy atom. The van der Waals surface area contributed by atoms with Gasteiger partial charge in [-0.25, -0.2) is 0 Å². The topological polar surface area (TPSA) is 55.8 Å². The molecule has 1 amide bonds. The summed E-state index contributed by atoms with van der Waals surface area (Å²) in [6, 6.07) is 8.13. The lowest BCUT2D eigenvalue weighted by Gasteiger charge is -2.40. The second kappa shape index (κ2) is 9.79. The molecule has 1 aliphatic carbocycles. The van der Waals surface area contributed by atoms with Crippen molar-refractivity contribution >= 4 is 33.8 Å². The van der Waals surface area contributed by atoms with Crippen LogP contribution in [0.5, 0.6) is 0 Å². The number of carbonyl (C=O) groups is 1. The van der Waals surface area contributed by atoms with E-state index in [0.29, 0.717) is 0 Å². The zero-order chi connectivity index (χ0) is 21.1. The average molecular weight is 448 g/mol. The van der Waals surface area contributed by atoms with Crippen LogP contribution in [-0.2, 0) is 17.6 Å². The number of nitrogens with zero attached hydrogens (tertiary/aromatic N) is 2. The van der Waals surface area contributed by atoms with Gasteiger partial charge in [0.2, 0.25) is 5.91 Å². The lowest BCUT2D eigenvalue weighted by molar-refractivity contribution is -0.114. The molecule has 2 aromatic rings. The minimum absolute atomic E-state index is 0.0231. The van der Waals surface area contributed by atoms with Gasteiger partial charge in [0, 0.05) is 55.1 Å². The van der Waals surface area contributed by atoms with E-state index in [1.165, 1.54) is 28.8 Å². The maximum atomic E-state index is 12.0. The van der Waals surface area contributed by atoms with E-state index in [-0.39, 0.29) is 18.6 Å². The Labute approximate surface area is 187 Å². The highest BCUT2D eigenvalue weighted by Gasteiger charge is 2.34. The van der Waals surface area contributed by atoms with Crippen LogP contribution >= 0.6 is 22.9 Å². The summed E-state index contributed by atoms with van der Waals surface area (Å²) in [6.45, 7) is 6.14. The number of fused-ring (bicyclic) bond motifs is 1. The van der Waals surface area contributed by atoms with Crippen LogP contribution in [0, 0.1) is 0 Å². The lowest BCUT2D eigenvalue weighted by Crippen LogP contribution is -2.48. The van der Waals surface area contributed by atoms with Crippen LogP contribution < -0.4 is 5.32 Å². The number of halogens is 1. The number of benzene rings is 1. The summed E-state index contributed by atoms with van der Waals surface area (Å²) < 4.78 is 0. The van der Waals surface area contributed by atoms with Crippen LogP contribution in [-0.4, -0.2) is 60.1 Å². The molecule has 1 atom stereocenters. The van der Waals surface area contributed by atoms with Crippen molar-refractivity contribution < 1.29 is 9.90 Å².